The van der Waals surface area contributed by atoms with Crippen molar-refractivity contribution in [3.8, 4) is 5.75 Å². The van der Waals surface area contributed by atoms with E-state index in [1.165, 1.54) is 17.8 Å². The Morgan fingerprint density at radius 2 is 2.19 bits per heavy atom. The Bertz CT molecular complexity index is 1230. The molecular weight excluding hydrogens is 515 g/mol. The first-order chi connectivity index (χ1) is 17.9. The summed E-state index contributed by atoms with van der Waals surface area (Å²) in [5, 5.41) is 11.3. The summed E-state index contributed by atoms with van der Waals surface area (Å²) in [6.45, 7) is 2.33. The molecule has 10 heteroatoms. The van der Waals surface area contributed by atoms with Gasteiger partial charge < -0.3 is 20.5 Å². The molecule has 3 aromatic rings. The molecule has 2 aromatic heterocycles. The number of fused-ring (bicyclic) bond motifs is 1. The van der Waals surface area contributed by atoms with Gasteiger partial charge in [-0.2, -0.15) is 0 Å². The first-order valence-corrected chi connectivity index (χ1v) is 13.8. The largest absolute Gasteiger partial charge is 0.497 e. The van der Waals surface area contributed by atoms with E-state index in [1.54, 1.807) is 25.6 Å². The minimum Gasteiger partial charge on any atom is -0.497 e. The summed E-state index contributed by atoms with van der Waals surface area (Å²) in [7, 11) is 1.61. The van der Waals surface area contributed by atoms with Gasteiger partial charge in [-0.05, 0) is 73.5 Å². The number of nitrogens with two attached hydrogens (primary N) is 1. The van der Waals surface area contributed by atoms with E-state index in [-0.39, 0.29) is 30.1 Å². The molecule has 1 aliphatic rings. The summed E-state index contributed by atoms with van der Waals surface area (Å²) in [5.41, 5.74) is 8.30. The van der Waals surface area contributed by atoms with Gasteiger partial charge in [0.1, 0.15) is 10.8 Å². The van der Waals surface area contributed by atoms with E-state index in [9.17, 15) is 14.3 Å². The van der Waals surface area contributed by atoms with Crippen molar-refractivity contribution in [3.63, 3.8) is 0 Å². The number of likely N-dealkylation sites (tertiary alicyclic amines) is 1. The minimum atomic E-state index is -0.790. The van der Waals surface area contributed by atoms with Gasteiger partial charge in [0.2, 0.25) is 0 Å². The van der Waals surface area contributed by atoms with Crippen molar-refractivity contribution in [2.75, 3.05) is 32.5 Å². The lowest BCUT2D eigenvalue weighted by Crippen LogP contribution is -2.42. The van der Waals surface area contributed by atoms with Crippen molar-refractivity contribution in [3.05, 3.63) is 59.1 Å². The van der Waals surface area contributed by atoms with Gasteiger partial charge in [0.05, 0.1) is 17.6 Å². The number of hydrogen-bond acceptors (Lipinski definition) is 7. The maximum absolute atomic E-state index is 13.8. The number of thioether (sulfide) groups is 1. The number of aromatic nitrogens is 2. The van der Waals surface area contributed by atoms with Crippen LogP contribution in [0, 0.1) is 17.7 Å². The summed E-state index contributed by atoms with van der Waals surface area (Å²) in [6, 6.07) is 8.33. The average Bonchev–Trinajstić information content (AvgIpc) is 2.88. The standard InChI is InChI=1S/C27H32ClFN4O3S/c1-36-19-5-7-24-20(14-19)26(21(28)15-32-24)23(30)6-4-17-8-10-33(16-18(17)13-25(34)35)11-12-37-27-22(29)3-2-9-31-27/h2-3,5,7,9,14-15,17-18,23H,4,6,8,10-13,16,30H2,1H3,(H,34,35)/t17-,18+,23+/m1/s1. The number of pyridine rings is 2. The van der Waals surface area contributed by atoms with Gasteiger partial charge in [-0.15, -0.1) is 11.8 Å². The Labute approximate surface area is 225 Å². The second-order valence-electron chi connectivity index (χ2n) is 9.43. The van der Waals surface area contributed by atoms with E-state index in [0.717, 1.165) is 42.4 Å². The zero-order valence-corrected chi connectivity index (χ0v) is 22.3. The van der Waals surface area contributed by atoms with Crippen LogP contribution < -0.4 is 10.5 Å². The molecule has 3 atom stereocenters. The molecule has 0 bridgehead atoms. The number of nitrogens with zero attached hydrogens (tertiary/aromatic N) is 3. The van der Waals surface area contributed by atoms with E-state index in [0.29, 0.717) is 34.5 Å². The van der Waals surface area contributed by atoms with Crippen LogP contribution in [0.3, 0.4) is 0 Å². The monoisotopic (exact) mass is 546 g/mol. The van der Waals surface area contributed by atoms with Crippen LogP contribution in [0.25, 0.3) is 10.9 Å². The number of halogens is 2. The molecule has 0 unspecified atom stereocenters. The number of carbonyl (C=O) groups is 1. The van der Waals surface area contributed by atoms with Crippen LogP contribution in [-0.4, -0.2) is 58.4 Å². The number of piperidine rings is 1. The lowest BCUT2D eigenvalue weighted by Gasteiger charge is -2.38. The Morgan fingerprint density at radius 1 is 1.35 bits per heavy atom. The third-order valence-corrected chi connectivity index (χ3v) is 8.33. The molecule has 4 rings (SSSR count). The number of carboxylic acid groups (broad SMARTS) is 1. The Hall–Kier alpha value is -2.46. The molecule has 7 nitrogen and oxygen atoms in total. The fourth-order valence-corrected chi connectivity index (χ4v) is 6.33. The molecule has 3 N–H and O–H groups in total. The van der Waals surface area contributed by atoms with Gasteiger partial charge in [-0.25, -0.2) is 9.37 Å². The third kappa shape index (κ3) is 7.10. The number of hydrogen-bond donors (Lipinski definition) is 2. The third-order valence-electron chi connectivity index (χ3n) is 7.07. The van der Waals surface area contributed by atoms with Gasteiger partial charge in [-0.1, -0.05) is 11.6 Å². The van der Waals surface area contributed by atoms with Crippen LogP contribution in [0.15, 0.2) is 47.8 Å². The maximum Gasteiger partial charge on any atom is 0.303 e. The van der Waals surface area contributed by atoms with Gasteiger partial charge >= 0.3 is 5.97 Å². The molecule has 1 aromatic carbocycles. The average molecular weight is 547 g/mol. The number of benzene rings is 1. The van der Waals surface area contributed by atoms with Crippen LogP contribution >= 0.6 is 23.4 Å². The quantitative estimate of drug-likeness (QED) is 0.308. The topological polar surface area (TPSA) is 102 Å². The van der Waals surface area contributed by atoms with Crippen LogP contribution in [0.4, 0.5) is 4.39 Å². The smallest absolute Gasteiger partial charge is 0.303 e. The van der Waals surface area contributed by atoms with Crippen molar-refractivity contribution >= 4 is 40.2 Å². The molecule has 37 heavy (non-hydrogen) atoms. The lowest BCUT2D eigenvalue weighted by molar-refractivity contribution is -0.139. The molecule has 1 aliphatic heterocycles. The van der Waals surface area contributed by atoms with Crippen LogP contribution in [-0.2, 0) is 4.79 Å². The minimum absolute atomic E-state index is 0.0276. The van der Waals surface area contributed by atoms with E-state index < -0.39 is 5.97 Å². The molecule has 1 fully saturated rings. The molecule has 198 valence electrons. The van der Waals surface area contributed by atoms with Crippen molar-refractivity contribution in [2.24, 2.45) is 17.6 Å². The Balaban J connectivity index is 1.38. The highest BCUT2D eigenvalue weighted by Gasteiger charge is 2.31. The predicted octanol–water partition coefficient (Wildman–Crippen LogP) is 5.42. The predicted molar refractivity (Wildman–Crippen MR) is 145 cm³/mol. The molecule has 0 saturated carbocycles. The number of methoxy groups -OCH3 is 1. The Kier molecular flexibility index (Phi) is 9.59. The van der Waals surface area contributed by atoms with E-state index in [1.807, 2.05) is 18.2 Å². The summed E-state index contributed by atoms with van der Waals surface area (Å²) in [6.07, 6.45) is 5.73. The van der Waals surface area contributed by atoms with Crippen LogP contribution in [0.2, 0.25) is 5.02 Å². The highest BCUT2D eigenvalue weighted by atomic mass is 35.5. The van der Waals surface area contributed by atoms with Crippen molar-refractivity contribution in [2.45, 2.75) is 36.8 Å². The summed E-state index contributed by atoms with van der Waals surface area (Å²) in [4.78, 5) is 22.4. The van der Waals surface area contributed by atoms with Crippen molar-refractivity contribution in [1.29, 1.82) is 0 Å². The van der Waals surface area contributed by atoms with Gasteiger partial charge in [-0.3, -0.25) is 9.78 Å². The maximum atomic E-state index is 13.8. The zero-order valence-electron chi connectivity index (χ0n) is 20.8. The second kappa shape index (κ2) is 12.9. The van der Waals surface area contributed by atoms with E-state index in [2.05, 4.69) is 14.9 Å². The molecule has 0 aliphatic carbocycles. The molecule has 0 spiro atoms. The normalized spacial score (nSPS) is 19.1. The fraction of sp³-hybridized carbons (Fsp3) is 0.444. The highest BCUT2D eigenvalue weighted by Crippen LogP contribution is 2.36. The van der Waals surface area contributed by atoms with Crippen molar-refractivity contribution in [1.82, 2.24) is 14.9 Å². The number of carboxylic acids is 1. The number of rotatable bonds is 11. The number of aliphatic carboxylic acids is 1. The molecule has 0 amide bonds. The highest BCUT2D eigenvalue weighted by molar-refractivity contribution is 7.99. The van der Waals surface area contributed by atoms with Crippen molar-refractivity contribution < 1.29 is 19.0 Å². The Morgan fingerprint density at radius 3 is 2.95 bits per heavy atom. The molecule has 1 saturated heterocycles. The van der Waals surface area contributed by atoms with Crippen LogP contribution in [0.5, 0.6) is 5.75 Å². The summed E-state index contributed by atoms with van der Waals surface area (Å²) >= 11 is 7.92. The summed E-state index contributed by atoms with van der Waals surface area (Å²) in [5.74, 6) is 0.580. The van der Waals surface area contributed by atoms with Gasteiger partial charge in [0.15, 0.2) is 5.82 Å². The van der Waals surface area contributed by atoms with E-state index in [4.69, 9.17) is 22.1 Å². The lowest BCUT2D eigenvalue weighted by atomic mass is 9.79. The number of ether oxygens (including phenoxy) is 1. The van der Waals surface area contributed by atoms with E-state index >= 15 is 0 Å². The SMILES string of the molecule is COc1ccc2ncc(Cl)c([C@@H](N)CC[C@@H]3CCN(CCSc4ncccc4F)C[C@@H]3CC(=O)O)c2c1. The molecule has 0 radical (unpaired) electrons. The second-order valence-corrected chi connectivity index (χ2v) is 10.9. The zero-order chi connectivity index (χ0) is 26.4. The fourth-order valence-electron chi connectivity index (χ4n) is 5.15. The first kappa shape index (κ1) is 27.6. The van der Waals surface area contributed by atoms with Gasteiger partial charge in [0, 0.05) is 49.1 Å². The molecular formula is C27H32ClFN4O3S. The van der Waals surface area contributed by atoms with Gasteiger partial charge in [0.25, 0.3) is 0 Å². The molecule has 3 heterocycles. The first-order valence-electron chi connectivity index (χ1n) is 12.4. The summed E-state index contributed by atoms with van der Waals surface area (Å²) < 4.78 is 19.2. The van der Waals surface area contributed by atoms with Crippen LogP contribution in [0.1, 0.15) is 37.3 Å².